The minimum absolute atomic E-state index is 0.0509. The zero-order chi connectivity index (χ0) is 102. The van der Waals surface area contributed by atoms with Gasteiger partial charge in [-0.1, -0.05) is 152 Å². The summed E-state index contributed by atoms with van der Waals surface area (Å²) in [7, 11) is 0. The maximum absolute atomic E-state index is 12.9. The van der Waals surface area contributed by atoms with Crippen molar-refractivity contribution in [2.45, 2.75) is 51.4 Å². The summed E-state index contributed by atoms with van der Waals surface area (Å²) in [5.41, 5.74) is 16.6. The number of para-hydroxylation sites is 4. The van der Waals surface area contributed by atoms with Crippen LogP contribution < -0.4 is 31.3 Å². The van der Waals surface area contributed by atoms with Crippen molar-refractivity contribution >= 4 is 188 Å². The van der Waals surface area contributed by atoms with E-state index in [9.17, 15) is 28.8 Å². The Morgan fingerprint density at radius 1 is 0.353 bits per heavy atom. The van der Waals surface area contributed by atoms with E-state index in [4.69, 9.17) is 13.6 Å². The van der Waals surface area contributed by atoms with Crippen LogP contribution in [0.4, 0.5) is 0 Å². The fraction of sp³-hybridized carbons (Fsp3) is 0.158. The first-order valence-corrected chi connectivity index (χ1v) is 52.8. The second-order valence-corrected chi connectivity index (χ2v) is 40.1. The highest BCUT2D eigenvalue weighted by molar-refractivity contribution is 7.22. The third-order valence-electron chi connectivity index (χ3n) is 27.0. The number of aromatic amines is 6. The van der Waals surface area contributed by atoms with Gasteiger partial charge in [0.15, 0.2) is 11.5 Å². The molecule has 0 saturated carbocycles. The van der Waals surface area contributed by atoms with Gasteiger partial charge < -0.3 is 54.9 Å². The van der Waals surface area contributed by atoms with Crippen LogP contribution in [0.3, 0.4) is 0 Å². The van der Waals surface area contributed by atoms with Crippen molar-refractivity contribution < 1.29 is 42.3 Å². The van der Waals surface area contributed by atoms with Crippen LogP contribution in [0.2, 0.25) is 0 Å². The van der Waals surface area contributed by atoms with E-state index in [1.807, 2.05) is 242 Å². The van der Waals surface area contributed by atoms with Gasteiger partial charge in [-0.05, 0) is 267 Å². The number of hydrogen-bond acceptors (Lipinski definition) is 18. The SMILES string of the molecule is O=C(NCCCN1CCCC1)c1ccc2[nH]nc(-c3cc4ccccc4o3)c2c1.O=C(NCCCN1CCCC1=O)c1ccc2[nH]nc(-c3cc4ccccc4s3)c2c1.O=C(NCCOc1ccccc1)c1ccc2[nH]nc(-c3cc4ccccc4o3)c2c1.O=C(NCCc1c[nH]c2ccccc12)c1ccc2[nH]nc(-c3ccc4ccccc4c3)c2c1.O=C(NCCc1cccs1)c1ccc2[nH]nc(-c3cc4ccccc4s3)c2c1. The van der Waals surface area contributed by atoms with Crippen molar-refractivity contribution in [3.05, 3.63) is 371 Å². The second kappa shape index (κ2) is 45.1. The average Bonchev–Trinajstić information content (AvgIpc) is 1.64. The van der Waals surface area contributed by atoms with E-state index in [0.29, 0.717) is 97.3 Å². The molecule has 0 atom stereocenters. The van der Waals surface area contributed by atoms with Crippen molar-refractivity contribution in [2.75, 3.05) is 72.1 Å². The van der Waals surface area contributed by atoms with Gasteiger partial charge in [-0.3, -0.25) is 54.3 Å². The standard InChI is InChI=1S/C28H22N4O.C24H19N3O3.C23H22N4O2S.C23H24N4O2.C22H17N3OS2/c33-28(29-14-13-22-17-30-25-8-4-3-7-23(22)25)21-11-12-26-24(16-21)27(32-31-26)20-10-9-18-5-1-2-6-19(18)15-20;28-24(25-12-13-29-18-7-2-1-3-8-18)17-10-11-20-19(14-17)23(27-26-20)22-15-16-6-4-5-9-21(16)30-22;28-21-7-3-11-27(21)12-4-10-24-23(29)16-8-9-18-17(13-16)22(26-25-18)20-14-15-5-1-2-6-19(15)30-20;28-23(24-10-5-13-27-11-3-4-12-27)17-8-9-19-18(14-17)22(26-25-19)21-15-16-6-1-2-7-20(16)29-21;26-22(23-10-9-16-5-3-11-27-16)15-7-8-18-17(12-15)21(25-24-18)20-13-14-4-1-2-6-19(14)28-20/h1-12,15-17,30H,13-14H2,(H,29,33)(H,31,32);1-11,14-15H,12-13H2,(H,25,28)(H,26,27);1-2,5-6,8-9,13-14H,3-4,7,10-12H2,(H,24,29)(H,25,26);1-2,6-9,14-15H,3-5,10-13H2,(H,24,28)(H,25,26);1-8,11-13H,9-10H2,(H,23,26)(H,24,25). The molecule has 0 spiro atoms. The summed E-state index contributed by atoms with van der Waals surface area (Å²) in [4.78, 5) is 86.0. The zero-order valence-corrected chi connectivity index (χ0v) is 84.2. The van der Waals surface area contributed by atoms with Crippen LogP contribution in [0.15, 0.2) is 342 Å². The van der Waals surface area contributed by atoms with Crippen molar-refractivity contribution in [2.24, 2.45) is 0 Å². The minimum Gasteiger partial charge on any atom is -0.492 e. The van der Waals surface area contributed by atoms with E-state index in [0.717, 1.165) is 176 Å². The predicted octanol–water partition coefficient (Wildman–Crippen LogP) is 24.5. The number of nitrogens with one attached hydrogen (secondary N) is 11. The largest absolute Gasteiger partial charge is 0.492 e. The molecule has 11 aromatic heterocycles. The summed E-state index contributed by atoms with van der Waals surface area (Å²) in [6.45, 7) is 8.22. The first kappa shape index (κ1) is 97.0. The molecule has 0 bridgehead atoms. The number of nitrogens with zero attached hydrogens (tertiary/aromatic N) is 7. The number of H-pyrrole nitrogens is 6. The summed E-state index contributed by atoms with van der Waals surface area (Å²) < 4.78 is 20.0. The average molecular weight is 2040 g/mol. The summed E-state index contributed by atoms with van der Waals surface area (Å²) >= 11 is 5.12. The van der Waals surface area contributed by atoms with E-state index in [-0.39, 0.29) is 35.4 Å². The van der Waals surface area contributed by atoms with Crippen LogP contribution in [-0.2, 0) is 17.6 Å². The van der Waals surface area contributed by atoms with Gasteiger partial charge in [0.1, 0.15) is 46.3 Å². The molecule has 0 unspecified atom stereocenters. The number of furan rings is 2. The molecular formula is C120H104N18O9S3. The Morgan fingerprint density at radius 3 is 1.30 bits per heavy atom. The molecule has 24 aromatic rings. The van der Waals surface area contributed by atoms with Gasteiger partial charge in [-0.2, -0.15) is 25.5 Å². The number of rotatable bonds is 28. The van der Waals surface area contributed by atoms with E-state index < -0.39 is 0 Å². The van der Waals surface area contributed by atoms with Crippen LogP contribution in [0.1, 0.15) is 101 Å². The number of thiophene rings is 3. The number of amides is 6. The predicted molar refractivity (Wildman–Crippen MR) is 600 cm³/mol. The molecule has 11 N–H and O–H groups in total. The van der Waals surface area contributed by atoms with Gasteiger partial charge in [0.2, 0.25) is 5.91 Å². The molecule has 6 amide bonds. The number of likely N-dealkylation sites (tertiary alicyclic amines) is 2. The third kappa shape index (κ3) is 22.2. The van der Waals surface area contributed by atoms with E-state index in [2.05, 4.69) is 178 Å². The highest BCUT2D eigenvalue weighted by Crippen LogP contribution is 2.41. The molecule has 2 fully saturated rings. The van der Waals surface area contributed by atoms with E-state index >= 15 is 0 Å². The van der Waals surface area contributed by atoms with Crippen LogP contribution >= 0.6 is 34.0 Å². The van der Waals surface area contributed by atoms with Crippen molar-refractivity contribution in [1.29, 1.82) is 0 Å². The fourth-order valence-corrected chi connectivity index (χ4v) is 22.0. The Labute approximate surface area is 872 Å². The molecule has 2 aliphatic heterocycles. The lowest BCUT2D eigenvalue weighted by molar-refractivity contribution is -0.127. The van der Waals surface area contributed by atoms with Crippen molar-refractivity contribution in [1.82, 2.24) is 92.4 Å². The fourth-order valence-electron chi connectivity index (χ4n) is 19.2. The van der Waals surface area contributed by atoms with Gasteiger partial charge in [-0.25, -0.2) is 0 Å². The number of aromatic nitrogens is 11. The lowest BCUT2D eigenvalue weighted by atomic mass is 10.0. The van der Waals surface area contributed by atoms with Gasteiger partial charge in [-0.15, -0.1) is 34.0 Å². The lowest BCUT2D eigenvalue weighted by Crippen LogP contribution is -2.30. The Balaban J connectivity index is 0.000000106. The van der Waals surface area contributed by atoms with Gasteiger partial charge >= 0.3 is 0 Å². The number of carbonyl (C=O) groups is 6. The highest BCUT2D eigenvalue weighted by atomic mass is 32.1. The zero-order valence-electron chi connectivity index (χ0n) is 81.7. The number of benzene rings is 13. The molecule has 30 heteroatoms. The number of hydrogen-bond donors (Lipinski definition) is 11. The Hall–Kier alpha value is -17.7. The molecule has 0 radical (unpaired) electrons. The lowest BCUT2D eigenvalue weighted by Gasteiger charge is -2.15. The highest BCUT2D eigenvalue weighted by Gasteiger charge is 2.25. The quantitative estimate of drug-likeness (QED) is 0.0203. The molecule has 150 heavy (non-hydrogen) atoms. The summed E-state index contributed by atoms with van der Waals surface area (Å²) in [6.07, 6.45) is 9.57. The van der Waals surface area contributed by atoms with Crippen LogP contribution in [0.5, 0.6) is 5.75 Å². The van der Waals surface area contributed by atoms with Crippen molar-refractivity contribution in [3.63, 3.8) is 0 Å². The number of ether oxygens (including phenoxy) is 1. The Morgan fingerprint density at radius 2 is 0.793 bits per heavy atom. The van der Waals surface area contributed by atoms with Gasteiger partial charge in [0, 0.05) is 148 Å². The van der Waals surface area contributed by atoms with E-state index in [1.165, 1.54) is 67.3 Å². The maximum atomic E-state index is 12.9. The number of carbonyl (C=O) groups excluding carboxylic acids is 6. The molecule has 26 rings (SSSR count). The van der Waals surface area contributed by atoms with Crippen LogP contribution in [-0.4, -0.2) is 173 Å². The topological polar surface area (TPSA) is 364 Å². The molecular weight excluding hydrogens is 1930 g/mol. The minimum atomic E-state index is -0.162. The molecule has 2 saturated heterocycles. The normalized spacial score (nSPS) is 12.5. The molecule has 13 aromatic carbocycles. The molecule has 27 nitrogen and oxygen atoms in total. The van der Waals surface area contributed by atoms with Crippen LogP contribution in [0, 0.1) is 0 Å². The molecule has 746 valence electrons. The molecule has 0 aliphatic carbocycles. The van der Waals surface area contributed by atoms with E-state index in [1.54, 1.807) is 40.1 Å². The van der Waals surface area contributed by atoms with Crippen molar-refractivity contribution in [3.8, 4) is 61.1 Å². The van der Waals surface area contributed by atoms with Gasteiger partial charge in [0.25, 0.3) is 29.5 Å². The summed E-state index contributed by atoms with van der Waals surface area (Å²) in [6, 6.07) is 105. The van der Waals surface area contributed by atoms with Gasteiger partial charge in [0.05, 0.1) is 49.6 Å². The second-order valence-electron chi connectivity index (χ2n) is 36.9. The monoisotopic (exact) mass is 2040 g/mol. The number of fused-ring (bicyclic) bond motifs is 11. The molecule has 13 heterocycles. The summed E-state index contributed by atoms with van der Waals surface area (Å²) in [5, 5.41) is 67.3. The van der Waals surface area contributed by atoms with Crippen LogP contribution in [0.25, 0.3) is 174 Å². The molecule has 2 aliphatic rings. The smallest absolute Gasteiger partial charge is 0.251 e. The maximum Gasteiger partial charge on any atom is 0.251 e. The Bertz CT molecular complexity index is 8870. The summed E-state index contributed by atoms with van der Waals surface area (Å²) in [5.74, 6) is 1.91. The third-order valence-corrected chi connectivity index (χ3v) is 30.2. The first-order valence-electron chi connectivity index (χ1n) is 50.3. The first-order chi connectivity index (χ1) is 73.8. The Kier molecular flexibility index (Phi) is 29.2.